The number of anilines is 1. The van der Waals surface area contributed by atoms with Crippen LogP contribution in [0.15, 0.2) is 22.2 Å². The van der Waals surface area contributed by atoms with Crippen molar-refractivity contribution in [3.63, 3.8) is 0 Å². The summed E-state index contributed by atoms with van der Waals surface area (Å²) in [4.78, 5) is 19.6. The molecular weight excluding hydrogens is 512 g/mol. The number of nitrogens with zero attached hydrogens (tertiary/aromatic N) is 2. The van der Waals surface area contributed by atoms with Gasteiger partial charge in [-0.3, -0.25) is 4.79 Å². The summed E-state index contributed by atoms with van der Waals surface area (Å²) in [6.45, 7) is 9.85. The molecule has 0 saturated carbocycles. The smallest absolute Gasteiger partial charge is 0.195 e. The first-order valence-corrected chi connectivity index (χ1v) is 14.0. The Kier molecular flexibility index (Phi) is 7.03. The Morgan fingerprint density at radius 1 is 1.41 bits per heavy atom. The summed E-state index contributed by atoms with van der Waals surface area (Å²) < 4.78 is 15.6. The zero-order chi connectivity index (χ0) is 24.8. The Labute approximate surface area is 213 Å². The fourth-order valence-corrected chi connectivity index (χ4v) is 6.57. The Hall–Kier alpha value is -2.05. The Morgan fingerprint density at radius 2 is 2.09 bits per heavy atom. The molecule has 0 amide bonds. The molecule has 1 aromatic carbocycles. The number of fused-ring (bicyclic) bond motifs is 2. The second kappa shape index (κ2) is 9.54. The van der Waals surface area contributed by atoms with Crippen molar-refractivity contribution in [1.82, 2.24) is 9.71 Å². The first-order chi connectivity index (χ1) is 16.1. The lowest BCUT2D eigenvalue weighted by Crippen LogP contribution is -2.44. The van der Waals surface area contributed by atoms with Crippen molar-refractivity contribution in [2.45, 2.75) is 58.4 Å². The highest BCUT2D eigenvalue weighted by atomic mass is 79.9. The monoisotopic (exact) mass is 542 g/mol. The summed E-state index contributed by atoms with van der Waals surface area (Å²) >= 11 is 2.74. The van der Waals surface area contributed by atoms with E-state index in [4.69, 9.17) is 0 Å². The van der Waals surface area contributed by atoms with Gasteiger partial charge in [0.1, 0.15) is 6.26 Å². The lowest BCUT2D eigenvalue weighted by molar-refractivity contribution is 0.103. The summed E-state index contributed by atoms with van der Waals surface area (Å²) in [5, 5.41) is 9.28. The zero-order valence-electron chi connectivity index (χ0n) is 20.3. The highest BCUT2D eigenvalue weighted by molar-refractivity contribution is 9.10. The van der Waals surface area contributed by atoms with Crippen LogP contribution in [-0.4, -0.2) is 40.7 Å². The molecule has 2 N–H and O–H groups in total. The van der Waals surface area contributed by atoms with E-state index < -0.39 is 16.8 Å². The highest BCUT2D eigenvalue weighted by Gasteiger charge is 2.41. The van der Waals surface area contributed by atoms with Gasteiger partial charge in [0.25, 0.3) is 0 Å². The van der Waals surface area contributed by atoms with E-state index in [1.165, 1.54) is 0 Å². The van der Waals surface area contributed by atoms with Crippen LogP contribution in [-0.2, 0) is 23.2 Å². The molecule has 1 unspecified atom stereocenters. The van der Waals surface area contributed by atoms with Gasteiger partial charge < -0.3 is 14.4 Å². The van der Waals surface area contributed by atoms with E-state index in [0.29, 0.717) is 12.0 Å². The van der Waals surface area contributed by atoms with E-state index >= 15 is 0 Å². The molecule has 0 spiro atoms. The van der Waals surface area contributed by atoms with Gasteiger partial charge in [-0.2, -0.15) is 5.26 Å². The number of aromatic amines is 1. The molecule has 1 atom stereocenters. The minimum absolute atomic E-state index is 0.0345. The Bertz CT molecular complexity index is 1200. The molecule has 0 bridgehead atoms. The van der Waals surface area contributed by atoms with Gasteiger partial charge in [-0.25, -0.2) is 0 Å². The number of nitriles is 1. The Morgan fingerprint density at radius 3 is 2.68 bits per heavy atom. The number of ketones is 1. The number of nitrogens with one attached hydrogen (secondary N) is 2. The third kappa shape index (κ3) is 4.35. The quantitative estimate of drug-likeness (QED) is 0.410. The standard InChI is InChI=1S/C26H31BrN4O2S/c1-6-17-21(11-15(2)14-28)29-25-23(17)24(32)18-12-20(27)22(13-19(18)26(25,3)4)31-9-7-16(8-10-31)30-34(5)33/h11-13,16,29-30H,6-10H2,1-5H3/b15-11+. The summed E-state index contributed by atoms with van der Waals surface area (Å²) in [5.74, 6) is 0.0345. The number of rotatable bonds is 5. The number of H-pyrrole nitrogens is 1. The molecule has 1 aliphatic carbocycles. The first kappa shape index (κ1) is 25.1. The number of allylic oxidation sites excluding steroid dienone is 1. The molecule has 4 rings (SSSR count). The summed E-state index contributed by atoms with van der Waals surface area (Å²) in [6, 6.07) is 6.58. The molecule has 8 heteroatoms. The molecule has 2 heterocycles. The number of benzene rings is 1. The van der Waals surface area contributed by atoms with Gasteiger partial charge in [0.15, 0.2) is 5.78 Å². The third-order valence-electron chi connectivity index (χ3n) is 7.05. The SMILES string of the molecule is CCc1c(/C=C(\C)C#N)[nH]c2c1C(=O)c1cc(Br)c(N3CCC(N[S+](C)[O-])CC3)cc1C2(C)C. The normalized spacial score (nSPS) is 18.9. The molecule has 34 heavy (non-hydrogen) atoms. The van der Waals surface area contributed by atoms with Crippen LogP contribution in [0.3, 0.4) is 0 Å². The molecule has 180 valence electrons. The topological polar surface area (TPSA) is 95.0 Å². The number of hydrogen-bond acceptors (Lipinski definition) is 5. The van der Waals surface area contributed by atoms with Gasteiger partial charge in [0.2, 0.25) is 0 Å². The molecule has 2 aliphatic rings. The van der Waals surface area contributed by atoms with Gasteiger partial charge in [0.05, 0.1) is 17.8 Å². The van der Waals surface area contributed by atoms with Crippen molar-refractivity contribution in [3.05, 3.63) is 55.8 Å². The maximum atomic E-state index is 13.8. The number of aromatic nitrogens is 1. The van der Waals surface area contributed by atoms with Crippen molar-refractivity contribution in [2.24, 2.45) is 0 Å². The number of carbonyl (C=O) groups is 1. The minimum atomic E-state index is -1.01. The summed E-state index contributed by atoms with van der Waals surface area (Å²) in [7, 11) is 0. The number of carbonyl (C=O) groups excluding carboxylic acids is 1. The summed E-state index contributed by atoms with van der Waals surface area (Å²) in [6.07, 6.45) is 6.06. The minimum Gasteiger partial charge on any atom is -0.598 e. The molecule has 1 saturated heterocycles. The van der Waals surface area contributed by atoms with Crippen molar-refractivity contribution in [1.29, 1.82) is 5.26 Å². The lowest BCUT2D eigenvalue weighted by Gasteiger charge is -2.37. The van der Waals surface area contributed by atoms with Crippen LogP contribution in [0.25, 0.3) is 6.08 Å². The van der Waals surface area contributed by atoms with Gasteiger partial charge in [-0.1, -0.05) is 20.8 Å². The first-order valence-electron chi connectivity index (χ1n) is 11.6. The molecule has 1 fully saturated rings. The van der Waals surface area contributed by atoms with Crippen molar-refractivity contribution >= 4 is 44.8 Å². The molecule has 1 aliphatic heterocycles. The largest absolute Gasteiger partial charge is 0.598 e. The number of hydrogen-bond donors (Lipinski definition) is 2. The maximum absolute atomic E-state index is 13.8. The predicted octanol–water partition coefficient (Wildman–Crippen LogP) is 4.99. The van der Waals surface area contributed by atoms with Crippen molar-refractivity contribution < 1.29 is 9.35 Å². The molecule has 2 aromatic rings. The van der Waals surface area contributed by atoms with Crippen LogP contribution in [0.2, 0.25) is 0 Å². The average Bonchev–Trinajstić information content (AvgIpc) is 3.17. The molecule has 6 nitrogen and oxygen atoms in total. The average molecular weight is 544 g/mol. The molecule has 0 radical (unpaired) electrons. The van der Waals surface area contributed by atoms with Crippen LogP contribution in [0.5, 0.6) is 0 Å². The second-order valence-electron chi connectivity index (χ2n) is 9.70. The highest BCUT2D eigenvalue weighted by Crippen LogP contribution is 2.46. The van der Waals surface area contributed by atoms with Gasteiger partial charge >= 0.3 is 0 Å². The lowest BCUT2D eigenvalue weighted by atomic mass is 9.70. The molecule has 1 aromatic heterocycles. The number of halogens is 1. The third-order valence-corrected chi connectivity index (χ3v) is 8.35. The molecular formula is C26H31BrN4O2S. The number of piperidine rings is 1. The zero-order valence-corrected chi connectivity index (χ0v) is 22.7. The van der Waals surface area contributed by atoms with Crippen LogP contribution >= 0.6 is 15.9 Å². The van der Waals surface area contributed by atoms with Crippen LogP contribution in [0, 0.1) is 11.3 Å². The summed E-state index contributed by atoms with van der Waals surface area (Å²) in [5.41, 5.74) is 6.51. The predicted molar refractivity (Wildman–Crippen MR) is 142 cm³/mol. The van der Waals surface area contributed by atoms with E-state index in [1.54, 1.807) is 13.2 Å². The van der Waals surface area contributed by atoms with Gasteiger partial charge in [0, 0.05) is 62.4 Å². The van der Waals surface area contributed by atoms with Crippen LogP contribution < -0.4 is 9.62 Å². The van der Waals surface area contributed by atoms with E-state index in [0.717, 1.165) is 69.7 Å². The van der Waals surface area contributed by atoms with E-state index in [1.807, 2.05) is 19.1 Å². The fraction of sp³-hybridized carbons (Fsp3) is 0.462. The van der Waals surface area contributed by atoms with E-state index in [9.17, 15) is 14.6 Å². The van der Waals surface area contributed by atoms with Crippen molar-refractivity contribution in [2.75, 3.05) is 24.2 Å². The van der Waals surface area contributed by atoms with E-state index in [2.05, 4.69) is 56.5 Å². The Balaban J connectivity index is 1.75. The van der Waals surface area contributed by atoms with Gasteiger partial charge in [-0.15, -0.1) is 4.72 Å². The fourth-order valence-electron chi connectivity index (χ4n) is 5.27. The van der Waals surface area contributed by atoms with E-state index in [-0.39, 0.29) is 11.8 Å². The maximum Gasteiger partial charge on any atom is 0.195 e. The van der Waals surface area contributed by atoms with Crippen molar-refractivity contribution in [3.8, 4) is 6.07 Å². The van der Waals surface area contributed by atoms with Crippen LogP contribution in [0.4, 0.5) is 5.69 Å². The van der Waals surface area contributed by atoms with Crippen LogP contribution in [0.1, 0.15) is 79.0 Å². The second-order valence-corrected chi connectivity index (χ2v) is 11.7. The van der Waals surface area contributed by atoms with Gasteiger partial charge in [-0.05, 0) is 71.5 Å².